The topological polar surface area (TPSA) is 64.0 Å². The van der Waals surface area contributed by atoms with E-state index in [1.807, 2.05) is 78.9 Å². The number of nitrogens with one attached hydrogen (secondary N) is 1. The quantitative estimate of drug-likeness (QED) is 0.282. The van der Waals surface area contributed by atoms with Crippen molar-refractivity contribution < 1.29 is 4.79 Å². The molecular formula is C28H27N3O2S. The highest BCUT2D eigenvalue weighted by molar-refractivity contribution is 8.00. The van der Waals surface area contributed by atoms with Gasteiger partial charge in [-0.1, -0.05) is 86.3 Å². The number of carbonyl (C=O) groups is 1. The van der Waals surface area contributed by atoms with Crippen molar-refractivity contribution in [1.82, 2.24) is 14.9 Å². The summed E-state index contributed by atoms with van der Waals surface area (Å²) in [5, 5.41) is 3.69. The van der Waals surface area contributed by atoms with Crippen LogP contribution in [0.2, 0.25) is 0 Å². The number of thioether (sulfide) groups is 1. The van der Waals surface area contributed by atoms with Crippen molar-refractivity contribution in [3.63, 3.8) is 0 Å². The Kier molecular flexibility index (Phi) is 6.24. The first kappa shape index (κ1) is 22.4. The molecule has 1 aliphatic carbocycles. The van der Waals surface area contributed by atoms with Gasteiger partial charge in [-0.3, -0.25) is 14.2 Å². The zero-order valence-corrected chi connectivity index (χ0v) is 20.1. The summed E-state index contributed by atoms with van der Waals surface area (Å²) in [5.41, 5.74) is 3.25. The Balaban J connectivity index is 1.70. The average molecular weight is 470 g/mol. The molecular weight excluding hydrogens is 442 g/mol. The van der Waals surface area contributed by atoms with Gasteiger partial charge in [-0.25, -0.2) is 4.98 Å². The Morgan fingerprint density at radius 1 is 0.971 bits per heavy atom. The lowest BCUT2D eigenvalue weighted by Gasteiger charge is -2.21. The number of para-hydroxylation sites is 2. The third kappa shape index (κ3) is 4.50. The van der Waals surface area contributed by atoms with E-state index < -0.39 is 5.25 Å². The maximum atomic E-state index is 13.8. The minimum Gasteiger partial charge on any atom is -0.352 e. The number of hydrogen-bond donors (Lipinski definition) is 1. The summed E-state index contributed by atoms with van der Waals surface area (Å²) in [6, 6.07) is 25.3. The van der Waals surface area contributed by atoms with Gasteiger partial charge in [-0.2, -0.15) is 0 Å². The van der Waals surface area contributed by atoms with Gasteiger partial charge in [0, 0.05) is 6.04 Å². The van der Waals surface area contributed by atoms with Crippen LogP contribution in [0.4, 0.5) is 0 Å². The molecule has 1 N–H and O–H groups in total. The molecule has 1 aliphatic rings. The molecule has 5 nitrogen and oxygen atoms in total. The summed E-state index contributed by atoms with van der Waals surface area (Å²) in [6.45, 7) is 4.22. The molecule has 1 saturated carbocycles. The molecule has 1 fully saturated rings. The van der Waals surface area contributed by atoms with Crippen molar-refractivity contribution in [3.8, 4) is 5.69 Å². The van der Waals surface area contributed by atoms with Gasteiger partial charge in [-0.15, -0.1) is 0 Å². The number of rotatable bonds is 7. The Labute approximate surface area is 203 Å². The third-order valence-electron chi connectivity index (χ3n) is 6.03. The molecule has 1 aromatic heterocycles. The summed E-state index contributed by atoms with van der Waals surface area (Å²) < 4.78 is 1.68. The van der Waals surface area contributed by atoms with Crippen LogP contribution < -0.4 is 10.9 Å². The molecule has 0 bridgehead atoms. The first-order chi connectivity index (χ1) is 16.5. The Bertz CT molecular complexity index is 1390. The van der Waals surface area contributed by atoms with E-state index in [9.17, 15) is 9.59 Å². The summed E-state index contributed by atoms with van der Waals surface area (Å²) in [7, 11) is 0. The largest absolute Gasteiger partial charge is 0.352 e. The molecule has 0 aliphatic heterocycles. The van der Waals surface area contributed by atoms with Gasteiger partial charge in [0.1, 0.15) is 5.25 Å². The van der Waals surface area contributed by atoms with E-state index in [0.717, 1.165) is 29.7 Å². The fourth-order valence-corrected chi connectivity index (χ4v) is 5.21. The molecule has 0 spiro atoms. The summed E-state index contributed by atoms with van der Waals surface area (Å²) >= 11 is 1.33. The van der Waals surface area contributed by atoms with Crippen LogP contribution in [0.3, 0.4) is 0 Å². The molecule has 1 amide bonds. The lowest BCUT2D eigenvalue weighted by molar-refractivity contribution is -0.120. The highest BCUT2D eigenvalue weighted by Gasteiger charge is 2.31. The standard InChI is InChI=1S/C28H27N3O2S/c1-18(2)21-12-7-9-15-24(21)31-27(33)22-13-6-8-14-23(22)30-28(31)34-25(19-10-4-3-5-11-19)26(32)29-20-16-17-20/h3-15,18,20,25H,16-17H2,1-2H3,(H,29,32). The van der Waals surface area contributed by atoms with Crippen molar-refractivity contribution in [2.45, 2.75) is 49.1 Å². The predicted molar refractivity (Wildman–Crippen MR) is 138 cm³/mol. The zero-order chi connectivity index (χ0) is 23.7. The van der Waals surface area contributed by atoms with Crippen molar-refractivity contribution in [2.24, 2.45) is 0 Å². The SMILES string of the molecule is CC(C)c1ccccc1-n1c(SC(C(=O)NC2CC2)c2ccccc2)nc2ccccc2c1=O. The summed E-state index contributed by atoms with van der Waals surface area (Å²) in [6.07, 6.45) is 2.03. The molecule has 0 radical (unpaired) electrons. The lowest BCUT2D eigenvalue weighted by Crippen LogP contribution is -2.30. The molecule has 0 saturated heterocycles. The zero-order valence-electron chi connectivity index (χ0n) is 19.3. The van der Waals surface area contributed by atoms with E-state index in [1.165, 1.54) is 11.8 Å². The molecule has 1 atom stereocenters. The van der Waals surface area contributed by atoms with Crippen LogP contribution in [0.15, 0.2) is 88.8 Å². The number of carbonyl (C=O) groups excluding carboxylic acids is 1. The molecule has 6 heteroatoms. The van der Waals surface area contributed by atoms with Crippen LogP contribution in [0, 0.1) is 0 Å². The fraction of sp³-hybridized carbons (Fsp3) is 0.250. The van der Waals surface area contributed by atoms with E-state index in [0.29, 0.717) is 16.1 Å². The summed E-state index contributed by atoms with van der Waals surface area (Å²) in [4.78, 5) is 32.0. The van der Waals surface area contributed by atoms with Crippen molar-refractivity contribution >= 4 is 28.6 Å². The van der Waals surface area contributed by atoms with Gasteiger partial charge < -0.3 is 5.32 Å². The highest BCUT2D eigenvalue weighted by atomic mass is 32.2. The Morgan fingerprint density at radius 2 is 1.65 bits per heavy atom. The highest BCUT2D eigenvalue weighted by Crippen LogP contribution is 2.37. The van der Waals surface area contributed by atoms with E-state index >= 15 is 0 Å². The molecule has 172 valence electrons. The van der Waals surface area contributed by atoms with Crippen LogP contribution in [0.25, 0.3) is 16.6 Å². The molecule has 4 aromatic rings. The molecule has 1 unspecified atom stereocenters. The smallest absolute Gasteiger partial charge is 0.266 e. The first-order valence-corrected chi connectivity index (χ1v) is 12.5. The van der Waals surface area contributed by atoms with E-state index in [1.54, 1.807) is 4.57 Å². The van der Waals surface area contributed by atoms with Gasteiger partial charge in [0.25, 0.3) is 5.56 Å². The van der Waals surface area contributed by atoms with E-state index in [-0.39, 0.29) is 23.4 Å². The van der Waals surface area contributed by atoms with Crippen LogP contribution in [0.1, 0.15) is 49.0 Å². The first-order valence-electron chi connectivity index (χ1n) is 11.7. The number of nitrogens with zero attached hydrogens (tertiary/aromatic N) is 2. The van der Waals surface area contributed by atoms with Crippen LogP contribution in [-0.4, -0.2) is 21.5 Å². The second-order valence-corrected chi connectivity index (χ2v) is 10.0. The van der Waals surface area contributed by atoms with E-state index in [2.05, 4.69) is 19.2 Å². The molecule has 34 heavy (non-hydrogen) atoms. The number of amides is 1. The second-order valence-electron chi connectivity index (χ2n) is 8.96. The molecule has 1 heterocycles. The van der Waals surface area contributed by atoms with Crippen molar-refractivity contribution in [1.29, 1.82) is 0 Å². The van der Waals surface area contributed by atoms with Gasteiger partial charge >= 0.3 is 0 Å². The number of benzene rings is 3. The van der Waals surface area contributed by atoms with Crippen molar-refractivity contribution in [2.75, 3.05) is 0 Å². The maximum absolute atomic E-state index is 13.8. The number of hydrogen-bond acceptors (Lipinski definition) is 4. The van der Waals surface area contributed by atoms with Crippen LogP contribution in [-0.2, 0) is 4.79 Å². The number of fused-ring (bicyclic) bond motifs is 1. The number of aromatic nitrogens is 2. The van der Waals surface area contributed by atoms with Crippen LogP contribution >= 0.6 is 11.8 Å². The summed E-state index contributed by atoms with van der Waals surface area (Å²) in [5.74, 6) is 0.167. The Morgan fingerprint density at radius 3 is 2.38 bits per heavy atom. The van der Waals surface area contributed by atoms with Crippen LogP contribution in [0.5, 0.6) is 0 Å². The minimum absolute atomic E-state index is 0.0511. The van der Waals surface area contributed by atoms with Crippen molar-refractivity contribution in [3.05, 3.63) is 100 Å². The lowest BCUT2D eigenvalue weighted by atomic mass is 10.0. The second kappa shape index (κ2) is 9.47. The Hall–Kier alpha value is -3.38. The van der Waals surface area contributed by atoms with Gasteiger partial charge in [0.05, 0.1) is 16.6 Å². The third-order valence-corrected chi connectivity index (χ3v) is 7.24. The van der Waals surface area contributed by atoms with E-state index in [4.69, 9.17) is 4.98 Å². The monoisotopic (exact) mass is 469 g/mol. The maximum Gasteiger partial charge on any atom is 0.266 e. The predicted octanol–water partition coefficient (Wildman–Crippen LogP) is 5.62. The fourth-order valence-electron chi connectivity index (χ4n) is 4.09. The van der Waals surface area contributed by atoms with Gasteiger partial charge in [-0.05, 0) is 48.1 Å². The normalized spacial score (nSPS) is 14.3. The molecule has 3 aromatic carbocycles. The molecule has 5 rings (SSSR count). The van der Waals surface area contributed by atoms with Gasteiger partial charge in [0.15, 0.2) is 5.16 Å². The van der Waals surface area contributed by atoms with Gasteiger partial charge in [0.2, 0.25) is 5.91 Å². The average Bonchev–Trinajstić information content (AvgIpc) is 3.67. The minimum atomic E-state index is -0.521.